The minimum Gasteiger partial charge on any atom is -0.398 e. The molecule has 0 spiro atoms. The summed E-state index contributed by atoms with van der Waals surface area (Å²) >= 11 is 1.77. The lowest BCUT2D eigenvalue weighted by molar-refractivity contribution is 0.1000. The number of thioether (sulfide) groups is 1. The highest BCUT2D eigenvalue weighted by Crippen LogP contribution is 2.37. The van der Waals surface area contributed by atoms with E-state index in [1.54, 1.807) is 11.8 Å². The lowest BCUT2D eigenvalue weighted by Crippen LogP contribution is -2.37. The summed E-state index contributed by atoms with van der Waals surface area (Å²) in [6, 6.07) is 3.95. The summed E-state index contributed by atoms with van der Waals surface area (Å²) in [7, 11) is -3.70. The molecule has 8 heteroatoms. The van der Waals surface area contributed by atoms with Crippen LogP contribution in [0.15, 0.2) is 23.1 Å². The van der Waals surface area contributed by atoms with Crippen LogP contribution in [0, 0.1) is 0 Å². The molecule has 1 unspecified atom stereocenters. The molecule has 6 nitrogen and oxygen atoms in total. The van der Waals surface area contributed by atoms with Gasteiger partial charge in [0.05, 0.1) is 5.69 Å². The lowest BCUT2D eigenvalue weighted by atomic mass is 10.1. The molecule has 116 valence electrons. The maximum absolute atomic E-state index is 12.3. The number of anilines is 1. The van der Waals surface area contributed by atoms with Crippen molar-refractivity contribution in [3.05, 3.63) is 23.8 Å². The molecule has 1 aliphatic heterocycles. The number of amides is 1. The Kier molecular flexibility index (Phi) is 4.50. The number of sulfonamides is 1. The van der Waals surface area contributed by atoms with Crippen LogP contribution in [-0.4, -0.2) is 31.4 Å². The van der Waals surface area contributed by atoms with Crippen LogP contribution in [0.2, 0.25) is 0 Å². The first kappa shape index (κ1) is 16.1. The third-order valence-corrected chi connectivity index (χ3v) is 6.53. The molecule has 0 bridgehead atoms. The molecule has 1 heterocycles. The number of hydrogen-bond acceptors (Lipinski definition) is 5. The van der Waals surface area contributed by atoms with Gasteiger partial charge in [-0.1, -0.05) is 0 Å². The van der Waals surface area contributed by atoms with Gasteiger partial charge in [0.1, 0.15) is 4.90 Å². The third-order valence-electron chi connectivity index (χ3n) is 3.52. The van der Waals surface area contributed by atoms with Crippen molar-refractivity contribution in [3.63, 3.8) is 0 Å². The first-order valence-electron chi connectivity index (χ1n) is 6.56. The van der Waals surface area contributed by atoms with E-state index >= 15 is 0 Å². The standard InChI is InChI=1S/C13H19N3O3S2/c1-13(5-2-6-20-13)8-16-21(18,19)11-4-3-9(12(15)17)7-10(11)14/h3-4,7,16H,2,5-6,8,14H2,1H3,(H2,15,17). The molecule has 2 rings (SSSR count). The Morgan fingerprint density at radius 1 is 1.48 bits per heavy atom. The van der Waals surface area contributed by atoms with E-state index in [1.165, 1.54) is 18.2 Å². The minimum atomic E-state index is -3.70. The van der Waals surface area contributed by atoms with Gasteiger partial charge in [0, 0.05) is 16.9 Å². The van der Waals surface area contributed by atoms with Crippen molar-refractivity contribution in [3.8, 4) is 0 Å². The Labute approximate surface area is 128 Å². The van der Waals surface area contributed by atoms with E-state index in [9.17, 15) is 13.2 Å². The summed E-state index contributed by atoms with van der Waals surface area (Å²) < 4.78 is 27.2. The Bertz CT molecular complexity index is 653. The summed E-state index contributed by atoms with van der Waals surface area (Å²) in [5.74, 6) is 0.404. The van der Waals surface area contributed by atoms with Crippen molar-refractivity contribution in [2.75, 3.05) is 18.0 Å². The van der Waals surface area contributed by atoms with Crippen molar-refractivity contribution in [2.24, 2.45) is 5.73 Å². The third kappa shape index (κ3) is 3.69. The van der Waals surface area contributed by atoms with Gasteiger partial charge in [0.25, 0.3) is 0 Å². The quantitative estimate of drug-likeness (QED) is 0.695. The van der Waals surface area contributed by atoms with Gasteiger partial charge in [-0.15, -0.1) is 0 Å². The Balaban J connectivity index is 2.17. The highest BCUT2D eigenvalue weighted by Gasteiger charge is 2.31. The zero-order chi connectivity index (χ0) is 15.7. The van der Waals surface area contributed by atoms with Crippen molar-refractivity contribution >= 4 is 33.4 Å². The molecule has 1 saturated heterocycles. The average Bonchev–Trinajstić information content (AvgIpc) is 2.84. The summed E-state index contributed by atoms with van der Waals surface area (Å²) in [6.07, 6.45) is 2.08. The topological polar surface area (TPSA) is 115 Å². The minimum absolute atomic E-state index is 0.0167. The zero-order valence-corrected chi connectivity index (χ0v) is 13.4. The molecule has 1 aromatic rings. The summed E-state index contributed by atoms with van der Waals surface area (Å²) in [5.41, 5.74) is 11.1. The van der Waals surface area contributed by atoms with E-state index in [0.717, 1.165) is 18.6 Å². The first-order valence-corrected chi connectivity index (χ1v) is 9.03. The van der Waals surface area contributed by atoms with Gasteiger partial charge in [-0.3, -0.25) is 4.79 Å². The fourth-order valence-electron chi connectivity index (χ4n) is 2.25. The van der Waals surface area contributed by atoms with Crippen molar-refractivity contribution < 1.29 is 13.2 Å². The van der Waals surface area contributed by atoms with Crippen LogP contribution < -0.4 is 16.2 Å². The summed E-state index contributed by atoms with van der Waals surface area (Å²) in [5, 5.41) is 0. The molecule has 0 saturated carbocycles. The number of nitrogens with one attached hydrogen (secondary N) is 1. The van der Waals surface area contributed by atoms with Crippen LogP contribution in [0.4, 0.5) is 5.69 Å². The molecule has 1 aromatic carbocycles. The number of hydrogen-bond donors (Lipinski definition) is 3. The van der Waals surface area contributed by atoms with Gasteiger partial charge in [-0.2, -0.15) is 11.8 Å². The van der Waals surface area contributed by atoms with Crippen LogP contribution in [-0.2, 0) is 10.0 Å². The lowest BCUT2D eigenvalue weighted by Gasteiger charge is -2.23. The molecule has 21 heavy (non-hydrogen) atoms. The molecular formula is C13H19N3O3S2. The molecule has 0 aromatic heterocycles. The fraction of sp³-hybridized carbons (Fsp3) is 0.462. The molecule has 1 aliphatic rings. The highest BCUT2D eigenvalue weighted by molar-refractivity contribution is 8.01. The molecular weight excluding hydrogens is 310 g/mol. The molecule has 1 amide bonds. The average molecular weight is 329 g/mol. The summed E-state index contributed by atoms with van der Waals surface area (Å²) in [4.78, 5) is 11.0. The SMILES string of the molecule is CC1(CNS(=O)(=O)c2ccc(C(N)=O)cc2N)CCCS1. The van der Waals surface area contributed by atoms with E-state index < -0.39 is 15.9 Å². The number of nitrogens with two attached hydrogens (primary N) is 2. The number of carbonyl (C=O) groups is 1. The van der Waals surface area contributed by atoms with E-state index in [4.69, 9.17) is 11.5 Å². The molecule has 1 fully saturated rings. The van der Waals surface area contributed by atoms with E-state index in [1.807, 2.05) is 6.92 Å². The van der Waals surface area contributed by atoms with E-state index in [2.05, 4.69) is 4.72 Å². The van der Waals surface area contributed by atoms with Crippen LogP contribution in [0.3, 0.4) is 0 Å². The first-order chi connectivity index (χ1) is 9.73. The Morgan fingerprint density at radius 2 is 2.19 bits per heavy atom. The van der Waals surface area contributed by atoms with Crippen molar-refractivity contribution in [1.29, 1.82) is 0 Å². The molecule has 0 radical (unpaired) electrons. The predicted octanol–water partition coefficient (Wildman–Crippen LogP) is 0.932. The predicted molar refractivity (Wildman–Crippen MR) is 84.7 cm³/mol. The van der Waals surface area contributed by atoms with Crippen LogP contribution >= 0.6 is 11.8 Å². The van der Waals surface area contributed by atoms with Crippen LogP contribution in [0.25, 0.3) is 0 Å². The van der Waals surface area contributed by atoms with Crippen LogP contribution in [0.1, 0.15) is 30.1 Å². The normalized spacial score (nSPS) is 22.3. The molecule has 0 aliphatic carbocycles. The number of nitrogen functional groups attached to an aromatic ring is 1. The van der Waals surface area contributed by atoms with Crippen LogP contribution in [0.5, 0.6) is 0 Å². The van der Waals surface area contributed by atoms with Gasteiger partial charge in [0.2, 0.25) is 15.9 Å². The maximum Gasteiger partial charge on any atom is 0.248 e. The van der Waals surface area contributed by atoms with E-state index in [-0.39, 0.29) is 20.9 Å². The van der Waals surface area contributed by atoms with Gasteiger partial charge >= 0.3 is 0 Å². The van der Waals surface area contributed by atoms with Gasteiger partial charge in [-0.05, 0) is 43.7 Å². The van der Waals surface area contributed by atoms with Gasteiger partial charge in [-0.25, -0.2) is 13.1 Å². The monoisotopic (exact) mass is 329 g/mol. The smallest absolute Gasteiger partial charge is 0.248 e. The Morgan fingerprint density at radius 3 is 2.71 bits per heavy atom. The largest absolute Gasteiger partial charge is 0.398 e. The Hall–Kier alpha value is -1.25. The molecule has 5 N–H and O–H groups in total. The second-order valence-electron chi connectivity index (χ2n) is 5.34. The number of benzene rings is 1. The second-order valence-corrected chi connectivity index (χ2v) is 8.76. The van der Waals surface area contributed by atoms with Gasteiger partial charge in [0.15, 0.2) is 0 Å². The highest BCUT2D eigenvalue weighted by atomic mass is 32.2. The van der Waals surface area contributed by atoms with Crippen molar-refractivity contribution in [2.45, 2.75) is 29.4 Å². The summed E-state index contributed by atoms with van der Waals surface area (Å²) in [6.45, 7) is 2.41. The van der Waals surface area contributed by atoms with Crippen molar-refractivity contribution in [1.82, 2.24) is 4.72 Å². The zero-order valence-electron chi connectivity index (χ0n) is 11.8. The molecule has 1 atom stereocenters. The fourth-order valence-corrected chi connectivity index (χ4v) is 4.86. The maximum atomic E-state index is 12.3. The van der Waals surface area contributed by atoms with E-state index in [0.29, 0.717) is 6.54 Å². The van der Waals surface area contributed by atoms with Gasteiger partial charge < -0.3 is 11.5 Å². The number of carbonyl (C=O) groups excluding carboxylic acids is 1. The number of rotatable bonds is 5. The number of primary amides is 1. The second kappa shape index (κ2) is 5.86.